The molecule has 1 aliphatic rings. The summed E-state index contributed by atoms with van der Waals surface area (Å²) in [5, 5.41) is 3.27. The zero-order valence-corrected chi connectivity index (χ0v) is 11.8. The van der Waals surface area contributed by atoms with E-state index in [1.807, 2.05) is 30.3 Å². The highest BCUT2D eigenvalue weighted by Gasteiger charge is 2.15. The first-order chi connectivity index (χ1) is 9.84. The average molecular weight is 277 g/mol. The Kier molecular flexibility index (Phi) is 6.38. The van der Waals surface area contributed by atoms with Gasteiger partial charge >= 0.3 is 5.97 Å². The second-order valence-corrected chi connectivity index (χ2v) is 5.07. The van der Waals surface area contributed by atoms with Crippen molar-refractivity contribution in [3.05, 3.63) is 30.3 Å². The minimum atomic E-state index is -0.131. The summed E-state index contributed by atoms with van der Waals surface area (Å²) in [6.45, 7) is 1.98. The van der Waals surface area contributed by atoms with E-state index in [2.05, 4.69) is 5.32 Å². The smallest absolute Gasteiger partial charge is 0.305 e. The minimum absolute atomic E-state index is 0.107. The summed E-state index contributed by atoms with van der Waals surface area (Å²) in [6.07, 6.45) is 4.63. The fourth-order valence-corrected chi connectivity index (χ4v) is 2.22. The molecule has 1 unspecified atom stereocenters. The van der Waals surface area contributed by atoms with Crippen LogP contribution >= 0.6 is 0 Å². The fraction of sp³-hybridized carbons (Fsp3) is 0.562. The van der Waals surface area contributed by atoms with Gasteiger partial charge in [0.1, 0.15) is 6.61 Å². The lowest BCUT2D eigenvalue weighted by molar-refractivity contribution is -0.149. The summed E-state index contributed by atoms with van der Waals surface area (Å²) >= 11 is 0. The maximum absolute atomic E-state index is 11.6. The predicted molar refractivity (Wildman–Crippen MR) is 78.7 cm³/mol. The van der Waals surface area contributed by atoms with Crippen molar-refractivity contribution in [2.75, 3.05) is 25.1 Å². The van der Waals surface area contributed by atoms with Crippen molar-refractivity contribution in [2.45, 2.75) is 38.2 Å². The summed E-state index contributed by atoms with van der Waals surface area (Å²) in [7, 11) is 0. The topological polar surface area (TPSA) is 47.6 Å². The molecule has 1 atom stereocenters. The molecule has 20 heavy (non-hydrogen) atoms. The molecule has 0 bridgehead atoms. The van der Waals surface area contributed by atoms with Crippen LogP contribution in [-0.4, -0.2) is 31.8 Å². The molecule has 1 aromatic carbocycles. The number of hydrogen-bond donors (Lipinski definition) is 1. The molecular weight excluding hydrogens is 254 g/mol. The van der Waals surface area contributed by atoms with Crippen molar-refractivity contribution >= 4 is 11.7 Å². The zero-order valence-electron chi connectivity index (χ0n) is 11.8. The minimum Gasteiger partial charge on any atom is -0.463 e. The van der Waals surface area contributed by atoms with Gasteiger partial charge in [-0.3, -0.25) is 4.79 Å². The summed E-state index contributed by atoms with van der Waals surface area (Å²) in [5.41, 5.74) is 1.08. The molecule has 4 heteroatoms. The third kappa shape index (κ3) is 5.61. The number of carbonyl (C=O) groups is 1. The molecule has 0 amide bonds. The van der Waals surface area contributed by atoms with Crippen LogP contribution in [0.3, 0.4) is 0 Å². The monoisotopic (exact) mass is 277 g/mol. The number of para-hydroxylation sites is 1. The molecule has 110 valence electrons. The first-order valence-corrected chi connectivity index (χ1v) is 7.41. The first-order valence-electron chi connectivity index (χ1n) is 7.41. The second-order valence-electron chi connectivity index (χ2n) is 5.07. The summed E-state index contributed by atoms with van der Waals surface area (Å²) < 4.78 is 10.8. The molecule has 1 aromatic rings. The van der Waals surface area contributed by atoms with Crippen LogP contribution in [0.1, 0.15) is 32.1 Å². The van der Waals surface area contributed by atoms with E-state index in [0.717, 1.165) is 38.1 Å². The number of hydrogen-bond acceptors (Lipinski definition) is 4. The molecule has 0 spiro atoms. The standard InChI is InChI=1S/C16H23NO3/c18-16(20-13-15-9-4-5-12-19-15)10-6-11-17-14-7-2-1-3-8-14/h1-3,7-8,15,17H,4-6,9-13H2. The Morgan fingerprint density at radius 3 is 2.90 bits per heavy atom. The number of ether oxygens (including phenoxy) is 2. The molecule has 0 aliphatic carbocycles. The second kappa shape index (κ2) is 8.59. The van der Waals surface area contributed by atoms with E-state index in [-0.39, 0.29) is 12.1 Å². The Bertz CT molecular complexity index is 388. The Morgan fingerprint density at radius 1 is 1.30 bits per heavy atom. The summed E-state index contributed by atoms with van der Waals surface area (Å²) in [6, 6.07) is 9.98. The van der Waals surface area contributed by atoms with Crippen molar-refractivity contribution in [3.8, 4) is 0 Å². The van der Waals surface area contributed by atoms with Crippen LogP contribution in [0, 0.1) is 0 Å². The molecule has 1 N–H and O–H groups in total. The van der Waals surface area contributed by atoms with E-state index in [0.29, 0.717) is 13.0 Å². The lowest BCUT2D eigenvalue weighted by Crippen LogP contribution is -2.26. The highest BCUT2D eigenvalue weighted by Crippen LogP contribution is 2.13. The molecule has 4 nitrogen and oxygen atoms in total. The van der Waals surface area contributed by atoms with Crippen LogP contribution in [-0.2, 0) is 14.3 Å². The molecular formula is C16H23NO3. The zero-order chi connectivity index (χ0) is 14.0. The largest absolute Gasteiger partial charge is 0.463 e. The highest BCUT2D eigenvalue weighted by atomic mass is 16.6. The van der Waals surface area contributed by atoms with Gasteiger partial charge in [-0.1, -0.05) is 18.2 Å². The van der Waals surface area contributed by atoms with Crippen LogP contribution in [0.25, 0.3) is 0 Å². The molecule has 1 fully saturated rings. The van der Waals surface area contributed by atoms with Gasteiger partial charge in [-0.05, 0) is 37.8 Å². The van der Waals surface area contributed by atoms with Crippen LogP contribution < -0.4 is 5.32 Å². The summed E-state index contributed by atoms with van der Waals surface area (Å²) in [4.78, 5) is 11.6. The fourth-order valence-electron chi connectivity index (χ4n) is 2.22. The maximum Gasteiger partial charge on any atom is 0.305 e. The number of rotatable bonds is 7. The van der Waals surface area contributed by atoms with Gasteiger partial charge in [0, 0.05) is 25.3 Å². The van der Waals surface area contributed by atoms with Gasteiger partial charge in [0.2, 0.25) is 0 Å². The normalized spacial score (nSPS) is 18.5. The van der Waals surface area contributed by atoms with E-state index in [1.54, 1.807) is 0 Å². The maximum atomic E-state index is 11.6. The van der Waals surface area contributed by atoms with Crippen molar-refractivity contribution < 1.29 is 14.3 Å². The van der Waals surface area contributed by atoms with E-state index >= 15 is 0 Å². The molecule has 1 aliphatic heterocycles. The van der Waals surface area contributed by atoms with E-state index in [4.69, 9.17) is 9.47 Å². The van der Waals surface area contributed by atoms with Gasteiger partial charge in [0.25, 0.3) is 0 Å². The van der Waals surface area contributed by atoms with Crippen LogP contribution in [0.5, 0.6) is 0 Å². The Hall–Kier alpha value is -1.55. The van der Waals surface area contributed by atoms with E-state index in [9.17, 15) is 4.79 Å². The first kappa shape index (κ1) is 14.9. The molecule has 2 rings (SSSR count). The summed E-state index contributed by atoms with van der Waals surface area (Å²) in [5.74, 6) is -0.131. The van der Waals surface area contributed by atoms with Gasteiger partial charge in [-0.2, -0.15) is 0 Å². The van der Waals surface area contributed by atoms with E-state index in [1.165, 1.54) is 6.42 Å². The Morgan fingerprint density at radius 2 is 2.15 bits per heavy atom. The lowest BCUT2D eigenvalue weighted by atomic mass is 10.1. The highest BCUT2D eigenvalue weighted by molar-refractivity contribution is 5.69. The van der Waals surface area contributed by atoms with Gasteiger partial charge < -0.3 is 14.8 Å². The quantitative estimate of drug-likeness (QED) is 0.615. The van der Waals surface area contributed by atoms with Gasteiger partial charge in [-0.15, -0.1) is 0 Å². The molecule has 1 heterocycles. The van der Waals surface area contributed by atoms with Crippen molar-refractivity contribution in [1.82, 2.24) is 0 Å². The molecule has 0 aromatic heterocycles. The SMILES string of the molecule is O=C(CCCNc1ccccc1)OCC1CCCCO1. The van der Waals surface area contributed by atoms with Gasteiger partial charge in [0.15, 0.2) is 0 Å². The third-order valence-corrected chi connectivity index (χ3v) is 3.36. The number of nitrogens with one attached hydrogen (secondary N) is 1. The number of esters is 1. The number of anilines is 1. The Labute approximate surface area is 120 Å². The van der Waals surface area contributed by atoms with Crippen LogP contribution in [0.4, 0.5) is 5.69 Å². The molecule has 0 radical (unpaired) electrons. The van der Waals surface area contributed by atoms with Gasteiger partial charge in [-0.25, -0.2) is 0 Å². The number of benzene rings is 1. The third-order valence-electron chi connectivity index (χ3n) is 3.36. The molecule has 1 saturated heterocycles. The van der Waals surface area contributed by atoms with Crippen molar-refractivity contribution in [1.29, 1.82) is 0 Å². The average Bonchev–Trinajstić information content (AvgIpc) is 2.52. The van der Waals surface area contributed by atoms with Crippen molar-refractivity contribution in [2.24, 2.45) is 0 Å². The van der Waals surface area contributed by atoms with Crippen molar-refractivity contribution in [3.63, 3.8) is 0 Å². The predicted octanol–water partition coefficient (Wildman–Crippen LogP) is 2.99. The number of carbonyl (C=O) groups excluding carboxylic acids is 1. The lowest BCUT2D eigenvalue weighted by Gasteiger charge is -2.22. The Balaban J connectivity index is 1.51. The van der Waals surface area contributed by atoms with Crippen LogP contribution in [0.15, 0.2) is 30.3 Å². The molecule has 0 saturated carbocycles. The van der Waals surface area contributed by atoms with E-state index < -0.39 is 0 Å². The van der Waals surface area contributed by atoms with Crippen LogP contribution in [0.2, 0.25) is 0 Å². The van der Waals surface area contributed by atoms with Gasteiger partial charge in [0.05, 0.1) is 6.10 Å².